The molecular formula is C11H16N2OS. The first-order valence-corrected chi connectivity index (χ1v) is 6.19. The fourth-order valence-electron chi connectivity index (χ4n) is 1.94. The molecule has 15 heavy (non-hydrogen) atoms. The van der Waals surface area contributed by atoms with Gasteiger partial charge >= 0.3 is 0 Å². The van der Waals surface area contributed by atoms with E-state index in [9.17, 15) is 4.79 Å². The van der Waals surface area contributed by atoms with Gasteiger partial charge in [0, 0.05) is 10.9 Å². The van der Waals surface area contributed by atoms with E-state index < -0.39 is 0 Å². The zero-order valence-corrected chi connectivity index (χ0v) is 9.64. The lowest BCUT2D eigenvalue weighted by Crippen LogP contribution is -2.36. The summed E-state index contributed by atoms with van der Waals surface area (Å²) in [5.41, 5.74) is 0. The molecule has 0 aromatic carbocycles. The van der Waals surface area contributed by atoms with Gasteiger partial charge in [-0.05, 0) is 31.3 Å². The fourth-order valence-corrected chi connectivity index (χ4v) is 2.58. The molecule has 82 valence electrons. The largest absolute Gasteiger partial charge is 0.351 e. The van der Waals surface area contributed by atoms with Crippen LogP contribution in [0, 0.1) is 5.92 Å². The van der Waals surface area contributed by atoms with E-state index in [1.807, 2.05) is 17.5 Å². The molecule has 1 aliphatic rings. The van der Waals surface area contributed by atoms with E-state index in [1.165, 1.54) is 4.88 Å². The summed E-state index contributed by atoms with van der Waals surface area (Å²) in [5, 5.41) is 8.30. The Hall–Kier alpha value is -0.870. The monoisotopic (exact) mass is 224 g/mol. The minimum atomic E-state index is 0.143. The second-order valence-corrected chi connectivity index (χ2v) is 4.97. The molecule has 3 nitrogen and oxygen atoms in total. The number of hydrogen-bond donors (Lipinski definition) is 2. The minimum Gasteiger partial charge on any atom is -0.351 e. The van der Waals surface area contributed by atoms with Gasteiger partial charge in [0.05, 0.1) is 12.5 Å². The van der Waals surface area contributed by atoms with Crippen molar-refractivity contribution >= 4 is 17.2 Å². The number of thiophene rings is 1. The summed E-state index contributed by atoms with van der Waals surface area (Å²) in [6.45, 7) is 3.69. The Bertz CT molecular complexity index is 323. The van der Waals surface area contributed by atoms with E-state index in [0.29, 0.717) is 12.6 Å². The first-order valence-electron chi connectivity index (χ1n) is 5.31. The first kappa shape index (κ1) is 10.6. The maximum absolute atomic E-state index is 11.8. The van der Waals surface area contributed by atoms with Crippen molar-refractivity contribution in [2.75, 3.05) is 6.54 Å². The van der Waals surface area contributed by atoms with Crippen molar-refractivity contribution in [3.8, 4) is 0 Å². The molecule has 1 aromatic heterocycles. The van der Waals surface area contributed by atoms with E-state index in [0.717, 1.165) is 13.0 Å². The van der Waals surface area contributed by atoms with Crippen molar-refractivity contribution in [2.45, 2.75) is 25.9 Å². The SMILES string of the molecule is CC1NCCC1C(=O)NCc1cccs1. The van der Waals surface area contributed by atoms with Crippen LogP contribution in [0.25, 0.3) is 0 Å². The van der Waals surface area contributed by atoms with Crippen LogP contribution in [-0.2, 0) is 11.3 Å². The van der Waals surface area contributed by atoms with Gasteiger partial charge in [-0.15, -0.1) is 11.3 Å². The van der Waals surface area contributed by atoms with Crippen LogP contribution in [-0.4, -0.2) is 18.5 Å². The number of carbonyl (C=O) groups excluding carboxylic acids is 1. The van der Waals surface area contributed by atoms with E-state index in [-0.39, 0.29) is 11.8 Å². The zero-order valence-electron chi connectivity index (χ0n) is 8.82. The smallest absolute Gasteiger partial charge is 0.225 e. The highest BCUT2D eigenvalue weighted by atomic mass is 32.1. The van der Waals surface area contributed by atoms with Gasteiger partial charge in [0.15, 0.2) is 0 Å². The van der Waals surface area contributed by atoms with Crippen molar-refractivity contribution < 1.29 is 4.79 Å². The Labute approximate surface area is 93.9 Å². The topological polar surface area (TPSA) is 41.1 Å². The molecule has 2 rings (SSSR count). The Morgan fingerprint density at radius 1 is 1.73 bits per heavy atom. The summed E-state index contributed by atoms with van der Waals surface area (Å²) in [6, 6.07) is 4.36. The van der Waals surface area contributed by atoms with Gasteiger partial charge < -0.3 is 10.6 Å². The van der Waals surface area contributed by atoms with Crippen molar-refractivity contribution in [2.24, 2.45) is 5.92 Å². The number of nitrogens with one attached hydrogen (secondary N) is 2. The lowest BCUT2D eigenvalue weighted by atomic mass is 10.0. The second-order valence-electron chi connectivity index (χ2n) is 3.94. The third-order valence-electron chi connectivity index (χ3n) is 2.88. The standard InChI is InChI=1S/C11H16N2OS/c1-8-10(4-5-12-8)11(14)13-7-9-3-2-6-15-9/h2-3,6,8,10,12H,4-5,7H2,1H3,(H,13,14). The fraction of sp³-hybridized carbons (Fsp3) is 0.545. The van der Waals surface area contributed by atoms with E-state index >= 15 is 0 Å². The van der Waals surface area contributed by atoms with Crippen LogP contribution in [0.15, 0.2) is 17.5 Å². The maximum atomic E-state index is 11.8. The molecule has 2 N–H and O–H groups in total. The summed E-state index contributed by atoms with van der Waals surface area (Å²) in [7, 11) is 0. The number of carbonyl (C=O) groups is 1. The summed E-state index contributed by atoms with van der Waals surface area (Å²) >= 11 is 1.68. The molecule has 1 saturated heterocycles. The van der Waals surface area contributed by atoms with Crippen LogP contribution >= 0.6 is 11.3 Å². The predicted molar refractivity (Wildman–Crippen MR) is 61.7 cm³/mol. The summed E-state index contributed by atoms with van der Waals surface area (Å²) in [6.07, 6.45) is 0.956. The number of rotatable bonds is 3. The maximum Gasteiger partial charge on any atom is 0.225 e. The van der Waals surface area contributed by atoms with Crippen molar-refractivity contribution in [1.29, 1.82) is 0 Å². The quantitative estimate of drug-likeness (QED) is 0.814. The van der Waals surface area contributed by atoms with Crippen LogP contribution in [0.2, 0.25) is 0 Å². The summed E-state index contributed by atoms with van der Waals surface area (Å²) < 4.78 is 0. The molecule has 4 heteroatoms. The molecule has 1 aliphatic heterocycles. The normalized spacial score (nSPS) is 25.4. The third kappa shape index (κ3) is 2.58. The second kappa shape index (κ2) is 4.77. The highest BCUT2D eigenvalue weighted by Gasteiger charge is 2.28. The number of amides is 1. The van der Waals surface area contributed by atoms with Crippen LogP contribution in [0.1, 0.15) is 18.2 Å². The Kier molecular flexibility index (Phi) is 3.38. The minimum absolute atomic E-state index is 0.143. The molecule has 0 aliphatic carbocycles. The van der Waals surface area contributed by atoms with Crippen LogP contribution in [0.4, 0.5) is 0 Å². The van der Waals surface area contributed by atoms with Crippen molar-refractivity contribution in [3.63, 3.8) is 0 Å². The lowest BCUT2D eigenvalue weighted by Gasteiger charge is -2.14. The summed E-state index contributed by atoms with van der Waals surface area (Å²) in [5.74, 6) is 0.325. The molecule has 2 unspecified atom stereocenters. The van der Waals surface area contributed by atoms with E-state index in [2.05, 4.69) is 17.6 Å². The Balaban J connectivity index is 1.82. The molecule has 0 saturated carbocycles. The van der Waals surface area contributed by atoms with E-state index in [4.69, 9.17) is 0 Å². The van der Waals surface area contributed by atoms with Gasteiger partial charge in [0.1, 0.15) is 0 Å². The van der Waals surface area contributed by atoms with Gasteiger partial charge in [-0.2, -0.15) is 0 Å². The van der Waals surface area contributed by atoms with Crippen molar-refractivity contribution in [3.05, 3.63) is 22.4 Å². The molecule has 1 aromatic rings. The highest BCUT2D eigenvalue weighted by Crippen LogP contribution is 2.15. The molecule has 2 atom stereocenters. The molecule has 0 spiro atoms. The van der Waals surface area contributed by atoms with Gasteiger partial charge in [-0.3, -0.25) is 4.79 Å². The number of hydrogen-bond acceptors (Lipinski definition) is 3. The first-order chi connectivity index (χ1) is 7.27. The predicted octanol–water partition coefficient (Wildman–Crippen LogP) is 1.36. The average Bonchev–Trinajstić information content (AvgIpc) is 2.84. The van der Waals surface area contributed by atoms with Crippen molar-refractivity contribution in [1.82, 2.24) is 10.6 Å². The van der Waals surface area contributed by atoms with E-state index in [1.54, 1.807) is 11.3 Å². The van der Waals surface area contributed by atoms with Crippen LogP contribution in [0.5, 0.6) is 0 Å². The molecule has 0 radical (unpaired) electrons. The van der Waals surface area contributed by atoms with Gasteiger partial charge in [0.25, 0.3) is 0 Å². The molecule has 1 amide bonds. The average molecular weight is 224 g/mol. The molecule has 1 fully saturated rings. The molecule has 0 bridgehead atoms. The lowest BCUT2D eigenvalue weighted by molar-refractivity contribution is -0.125. The molecule has 2 heterocycles. The Morgan fingerprint density at radius 3 is 3.20 bits per heavy atom. The highest BCUT2D eigenvalue weighted by molar-refractivity contribution is 7.09. The third-order valence-corrected chi connectivity index (χ3v) is 3.76. The zero-order chi connectivity index (χ0) is 10.7. The van der Waals surface area contributed by atoms with Gasteiger partial charge in [0.2, 0.25) is 5.91 Å². The van der Waals surface area contributed by atoms with Crippen LogP contribution < -0.4 is 10.6 Å². The summed E-state index contributed by atoms with van der Waals surface area (Å²) in [4.78, 5) is 13.0. The van der Waals surface area contributed by atoms with Gasteiger partial charge in [-0.25, -0.2) is 0 Å². The van der Waals surface area contributed by atoms with Crippen LogP contribution in [0.3, 0.4) is 0 Å². The Morgan fingerprint density at radius 2 is 2.60 bits per heavy atom. The molecular weight excluding hydrogens is 208 g/mol. The van der Waals surface area contributed by atoms with Gasteiger partial charge in [-0.1, -0.05) is 6.07 Å².